The van der Waals surface area contributed by atoms with Crippen molar-refractivity contribution in [1.29, 1.82) is 0 Å². The van der Waals surface area contributed by atoms with Gasteiger partial charge in [-0.05, 0) is 13.8 Å². The first-order valence-electron chi connectivity index (χ1n) is 4.04. The largest absolute Gasteiger partial charge is 0.450 e. The third-order valence-corrected chi connectivity index (χ3v) is 2.26. The van der Waals surface area contributed by atoms with Crippen molar-refractivity contribution in [1.82, 2.24) is 10.3 Å². The molecule has 1 amide bonds. The monoisotopic (exact) mass is 200 g/mol. The quantitative estimate of drug-likeness (QED) is 0.808. The van der Waals surface area contributed by atoms with Crippen LogP contribution in [0.4, 0.5) is 4.79 Å². The van der Waals surface area contributed by atoms with E-state index in [2.05, 4.69) is 10.3 Å². The molecule has 0 saturated heterocycles. The van der Waals surface area contributed by atoms with Crippen molar-refractivity contribution in [2.75, 3.05) is 6.61 Å². The fourth-order valence-corrected chi connectivity index (χ4v) is 1.56. The molecular weight excluding hydrogens is 188 g/mol. The maximum Gasteiger partial charge on any atom is 0.407 e. The first-order chi connectivity index (χ1) is 6.22. The highest BCUT2D eigenvalue weighted by Gasteiger charge is 2.01. The molecule has 13 heavy (non-hydrogen) atoms. The van der Waals surface area contributed by atoms with Gasteiger partial charge in [-0.25, -0.2) is 9.78 Å². The summed E-state index contributed by atoms with van der Waals surface area (Å²) in [7, 11) is 0. The van der Waals surface area contributed by atoms with E-state index in [1.54, 1.807) is 24.5 Å². The molecule has 0 atom stereocenters. The van der Waals surface area contributed by atoms with E-state index in [9.17, 15) is 4.79 Å². The second kappa shape index (κ2) is 4.81. The van der Waals surface area contributed by atoms with Gasteiger partial charge in [0.2, 0.25) is 0 Å². The molecule has 0 spiro atoms. The van der Waals surface area contributed by atoms with E-state index < -0.39 is 0 Å². The number of rotatable bonds is 3. The molecule has 0 fully saturated rings. The zero-order chi connectivity index (χ0) is 9.68. The predicted molar refractivity (Wildman–Crippen MR) is 50.7 cm³/mol. The van der Waals surface area contributed by atoms with Crippen molar-refractivity contribution >= 4 is 17.4 Å². The topological polar surface area (TPSA) is 51.2 Å². The van der Waals surface area contributed by atoms with E-state index in [1.165, 1.54) is 0 Å². The first kappa shape index (κ1) is 9.98. The highest BCUT2D eigenvalue weighted by molar-refractivity contribution is 7.11. The van der Waals surface area contributed by atoms with Crippen LogP contribution in [-0.4, -0.2) is 17.7 Å². The Bertz CT molecular complexity index is 285. The Morgan fingerprint density at radius 3 is 3.08 bits per heavy atom. The lowest BCUT2D eigenvalue weighted by Crippen LogP contribution is -2.23. The van der Waals surface area contributed by atoms with Crippen LogP contribution in [0.15, 0.2) is 6.20 Å². The van der Waals surface area contributed by atoms with E-state index in [4.69, 9.17) is 4.74 Å². The standard InChI is InChI=1S/C8H12N2O2S/c1-3-12-8(11)10-5-7-4-9-6(2)13-7/h4H,3,5H2,1-2H3,(H,10,11). The summed E-state index contributed by atoms with van der Waals surface area (Å²) < 4.78 is 4.70. The number of thiazole rings is 1. The zero-order valence-electron chi connectivity index (χ0n) is 7.66. The molecular formula is C8H12N2O2S. The smallest absolute Gasteiger partial charge is 0.407 e. The van der Waals surface area contributed by atoms with Crippen LogP contribution >= 0.6 is 11.3 Å². The molecule has 1 N–H and O–H groups in total. The predicted octanol–water partition coefficient (Wildman–Crippen LogP) is 1.70. The Kier molecular flexibility index (Phi) is 3.70. The average molecular weight is 200 g/mol. The summed E-state index contributed by atoms with van der Waals surface area (Å²) in [6, 6.07) is 0. The molecule has 0 aliphatic carbocycles. The van der Waals surface area contributed by atoms with Gasteiger partial charge in [0, 0.05) is 11.1 Å². The van der Waals surface area contributed by atoms with E-state index in [1.807, 2.05) is 6.92 Å². The first-order valence-corrected chi connectivity index (χ1v) is 4.86. The number of aromatic nitrogens is 1. The van der Waals surface area contributed by atoms with Crippen LogP contribution in [-0.2, 0) is 11.3 Å². The Morgan fingerprint density at radius 2 is 2.54 bits per heavy atom. The number of amides is 1. The average Bonchev–Trinajstić information content (AvgIpc) is 2.49. The molecule has 0 aromatic carbocycles. The van der Waals surface area contributed by atoms with Crippen molar-refractivity contribution in [3.05, 3.63) is 16.1 Å². The molecule has 0 bridgehead atoms. The normalized spacial score (nSPS) is 9.69. The molecule has 0 radical (unpaired) electrons. The number of carbonyl (C=O) groups excluding carboxylic acids is 1. The maximum absolute atomic E-state index is 10.9. The van der Waals surface area contributed by atoms with E-state index in [0.29, 0.717) is 13.2 Å². The second-order valence-electron chi connectivity index (χ2n) is 2.42. The lowest BCUT2D eigenvalue weighted by Gasteiger charge is -2.01. The minimum absolute atomic E-state index is 0.381. The molecule has 0 saturated carbocycles. The summed E-state index contributed by atoms with van der Waals surface area (Å²) in [5, 5.41) is 3.62. The summed E-state index contributed by atoms with van der Waals surface area (Å²) in [6.45, 7) is 4.59. The molecule has 0 aliphatic rings. The van der Waals surface area contributed by atoms with Crippen LogP contribution in [0.3, 0.4) is 0 Å². The fourth-order valence-electron chi connectivity index (χ4n) is 0.828. The highest BCUT2D eigenvalue weighted by atomic mass is 32.1. The van der Waals surface area contributed by atoms with Crippen molar-refractivity contribution in [3.8, 4) is 0 Å². The molecule has 0 aliphatic heterocycles. The van der Waals surface area contributed by atoms with E-state index >= 15 is 0 Å². The van der Waals surface area contributed by atoms with Crippen LogP contribution < -0.4 is 5.32 Å². The molecule has 4 nitrogen and oxygen atoms in total. The summed E-state index contributed by atoms with van der Waals surface area (Å²) in [5.41, 5.74) is 0. The van der Waals surface area contributed by atoms with Gasteiger partial charge in [0.1, 0.15) is 0 Å². The number of ether oxygens (including phenoxy) is 1. The molecule has 72 valence electrons. The molecule has 1 aromatic rings. The van der Waals surface area contributed by atoms with Gasteiger partial charge < -0.3 is 10.1 Å². The van der Waals surface area contributed by atoms with Crippen LogP contribution in [0, 0.1) is 6.92 Å². The lowest BCUT2D eigenvalue weighted by molar-refractivity contribution is 0.152. The molecule has 1 aromatic heterocycles. The lowest BCUT2D eigenvalue weighted by atomic mass is 10.5. The van der Waals surface area contributed by atoms with E-state index in [0.717, 1.165) is 9.88 Å². The number of nitrogens with zero attached hydrogens (tertiary/aromatic N) is 1. The Hall–Kier alpha value is -1.10. The van der Waals surface area contributed by atoms with E-state index in [-0.39, 0.29) is 6.09 Å². The molecule has 1 heterocycles. The van der Waals surface area contributed by atoms with Gasteiger partial charge >= 0.3 is 6.09 Å². The summed E-state index contributed by atoms with van der Waals surface area (Å²) in [6.07, 6.45) is 1.38. The highest BCUT2D eigenvalue weighted by Crippen LogP contribution is 2.10. The molecule has 5 heteroatoms. The van der Waals surface area contributed by atoms with Gasteiger partial charge in [0.15, 0.2) is 0 Å². The zero-order valence-corrected chi connectivity index (χ0v) is 8.48. The fraction of sp³-hybridized carbons (Fsp3) is 0.500. The Morgan fingerprint density at radius 1 is 1.77 bits per heavy atom. The summed E-state index contributed by atoms with van der Waals surface area (Å²) in [4.78, 5) is 16.0. The number of aryl methyl sites for hydroxylation is 1. The van der Waals surface area contributed by atoms with Gasteiger partial charge in [-0.2, -0.15) is 0 Å². The van der Waals surface area contributed by atoms with Crippen molar-refractivity contribution in [3.63, 3.8) is 0 Å². The van der Waals surface area contributed by atoms with Gasteiger partial charge in [-0.1, -0.05) is 0 Å². The number of alkyl carbamates (subject to hydrolysis) is 1. The summed E-state index contributed by atoms with van der Waals surface area (Å²) >= 11 is 1.57. The van der Waals surface area contributed by atoms with Gasteiger partial charge in [0.25, 0.3) is 0 Å². The van der Waals surface area contributed by atoms with Crippen molar-refractivity contribution in [2.45, 2.75) is 20.4 Å². The Labute approximate surface area is 80.9 Å². The summed E-state index contributed by atoms with van der Waals surface area (Å²) in [5.74, 6) is 0. The van der Waals surface area contributed by atoms with Crippen LogP contribution in [0.1, 0.15) is 16.8 Å². The van der Waals surface area contributed by atoms with Crippen LogP contribution in [0.25, 0.3) is 0 Å². The van der Waals surface area contributed by atoms with Gasteiger partial charge in [0.05, 0.1) is 18.2 Å². The number of carbonyl (C=O) groups is 1. The van der Waals surface area contributed by atoms with Gasteiger partial charge in [-0.3, -0.25) is 0 Å². The molecule has 1 rings (SSSR count). The number of hydrogen-bond donors (Lipinski definition) is 1. The third-order valence-electron chi connectivity index (χ3n) is 1.35. The maximum atomic E-state index is 10.9. The van der Waals surface area contributed by atoms with Crippen molar-refractivity contribution < 1.29 is 9.53 Å². The number of hydrogen-bond acceptors (Lipinski definition) is 4. The van der Waals surface area contributed by atoms with Crippen LogP contribution in [0.5, 0.6) is 0 Å². The minimum atomic E-state index is -0.381. The van der Waals surface area contributed by atoms with Crippen molar-refractivity contribution in [2.24, 2.45) is 0 Å². The molecule has 0 unspecified atom stereocenters. The SMILES string of the molecule is CCOC(=O)NCc1cnc(C)s1. The van der Waals surface area contributed by atoms with Crippen LogP contribution in [0.2, 0.25) is 0 Å². The van der Waals surface area contributed by atoms with Gasteiger partial charge in [-0.15, -0.1) is 11.3 Å². The minimum Gasteiger partial charge on any atom is -0.450 e. The number of nitrogens with one attached hydrogen (secondary N) is 1. The second-order valence-corrected chi connectivity index (χ2v) is 3.74. The third kappa shape index (κ3) is 3.42. The Balaban J connectivity index is 2.30.